The van der Waals surface area contributed by atoms with Crippen molar-refractivity contribution in [2.75, 3.05) is 13.1 Å². The largest absolute Gasteiger partial charge is 0.444 e. The second-order valence-electron chi connectivity index (χ2n) is 5.81. The number of aromatic nitrogens is 2. The van der Waals surface area contributed by atoms with E-state index in [-0.39, 0.29) is 12.7 Å². The van der Waals surface area contributed by atoms with E-state index in [2.05, 4.69) is 5.10 Å². The topological polar surface area (TPSA) is 67.6 Å². The third kappa shape index (κ3) is 3.24. The van der Waals surface area contributed by atoms with E-state index in [9.17, 15) is 4.79 Å². The summed E-state index contributed by atoms with van der Waals surface area (Å²) in [7, 11) is 0. The number of carbonyl (C=O) groups is 1. The number of nitrogens with zero attached hydrogens (tertiary/aromatic N) is 3. The lowest BCUT2D eigenvalue weighted by atomic mass is 10.2. The van der Waals surface area contributed by atoms with Gasteiger partial charge in [-0.1, -0.05) is 11.6 Å². The molecule has 0 aliphatic carbocycles. The summed E-state index contributed by atoms with van der Waals surface area (Å²) in [5.41, 5.74) is 0.854. The maximum absolute atomic E-state index is 12.0. The number of carbonyl (C=O) groups excluding carboxylic acids is 1. The van der Waals surface area contributed by atoms with Crippen LogP contribution in [0.25, 0.3) is 0 Å². The zero-order valence-corrected chi connectivity index (χ0v) is 12.8. The molecule has 1 amide bonds. The number of aliphatic hydroxyl groups is 1. The summed E-state index contributed by atoms with van der Waals surface area (Å²) in [5.74, 6) is 0. The van der Waals surface area contributed by atoms with Crippen LogP contribution in [0.3, 0.4) is 0 Å². The quantitative estimate of drug-likeness (QED) is 0.859. The van der Waals surface area contributed by atoms with Crippen molar-refractivity contribution < 1.29 is 14.6 Å². The fourth-order valence-corrected chi connectivity index (χ4v) is 2.42. The molecule has 0 spiro atoms. The molecule has 0 fully saturated rings. The molecule has 2 heterocycles. The first kappa shape index (κ1) is 15.1. The van der Waals surface area contributed by atoms with E-state index in [1.807, 2.05) is 20.8 Å². The highest BCUT2D eigenvalue weighted by Gasteiger charge is 2.26. The predicted molar refractivity (Wildman–Crippen MR) is 74.7 cm³/mol. The minimum Gasteiger partial charge on any atom is -0.444 e. The molecule has 0 bridgehead atoms. The number of aliphatic hydroxyl groups excluding tert-OH is 1. The molecule has 0 saturated carbocycles. The van der Waals surface area contributed by atoms with Crippen molar-refractivity contribution in [2.24, 2.45) is 0 Å². The zero-order chi connectivity index (χ0) is 14.9. The Labute approximate surface area is 123 Å². The number of hydrogen-bond donors (Lipinski definition) is 1. The van der Waals surface area contributed by atoms with Gasteiger partial charge in [0.2, 0.25) is 0 Å². The summed E-state index contributed by atoms with van der Waals surface area (Å²) in [4.78, 5) is 13.7. The number of ether oxygens (including phenoxy) is 1. The van der Waals surface area contributed by atoms with Crippen molar-refractivity contribution in [2.45, 2.75) is 45.9 Å². The molecule has 1 aromatic heterocycles. The fourth-order valence-electron chi connectivity index (χ4n) is 2.13. The average molecular weight is 302 g/mol. The van der Waals surface area contributed by atoms with E-state index >= 15 is 0 Å². The van der Waals surface area contributed by atoms with Gasteiger partial charge >= 0.3 is 6.09 Å². The van der Waals surface area contributed by atoms with Gasteiger partial charge in [-0.3, -0.25) is 4.68 Å². The Bertz CT molecular complexity index is 508. The normalized spacial score (nSPS) is 15.8. The zero-order valence-electron chi connectivity index (χ0n) is 12.0. The number of rotatable bonds is 1. The third-order valence-corrected chi connectivity index (χ3v) is 3.50. The van der Waals surface area contributed by atoms with Crippen LogP contribution in [0.5, 0.6) is 0 Å². The van der Waals surface area contributed by atoms with Gasteiger partial charge in [0.05, 0.1) is 23.9 Å². The molecule has 1 aliphatic rings. The maximum Gasteiger partial charge on any atom is 0.410 e. The van der Waals surface area contributed by atoms with E-state index in [0.717, 1.165) is 5.69 Å². The highest BCUT2D eigenvalue weighted by atomic mass is 35.5. The molecule has 0 saturated heterocycles. The Balaban J connectivity index is 2.07. The average Bonchev–Trinajstić information content (AvgIpc) is 2.53. The van der Waals surface area contributed by atoms with Crippen LogP contribution in [0.4, 0.5) is 4.79 Å². The monoisotopic (exact) mass is 301 g/mol. The number of hydrogen-bond acceptors (Lipinski definition) is 4. The Morgan fingerprint density at radius 3 is 2.70 bits per heavy atom. The van der Waals surface area contributed by atoms with Gasteiger partial charge in [-0.2, -0.15) is 5.10 Å². The van der Waals surface area contributed by atoms with Crippen LogP contribution >= 0.6 is 11.6 Å². The first-order valence-electron chi connectivity index (χ1n) is 6.64. The summed E-state index contributed by atoms with van der Waals surface area (Å²) in [6, 6.07) is 0. The molecule has 0 atom stereocenters. The van der Waals surface area contributed by atoms with Crippen molar-refractivity contribution in [1.82, 2.24) is 14.7 Å². The second-order valence-corrected chi connectivity index (χ2v) is 6.18. The van der Waals surface area contributed by atoms with E-state index in [0.29, 0.717) is 36.8 Å². The van der Waals surface area contributed by atoms with Crippen molar-refractivity contribution in [3.8, 4) is 0 Å². The minimum absolute atomic E-state index is 0.172. The molecule has 2 rings (SSSR count). The maximum atomic E-state index is 12.0. The number of fused-ring (bicyclic) bond motifs is 1. The van der Waals surface area contributed by atoms with Crippen molar-refractivity contribution in [3.05, 3.63) is 16.4 Å². The summed E-state index contributed by atoms with van der Waals surface area (Å²) in [5, 5.41) is 13.9. The number of amides is 1. The molecule has 0 aromatic carbocycles. The van der Waals surface area contributed by atoms with E-state index in [1.54, 1.807) is 9.58 Å². The highest BCUT2D eigenvalue weighted by molar-refractivity contribution is 6.31. The Kier molecular flexibility index (Phi) is 4.25. The molecule has 20 heavy (non-hydrogen) atoms. The van der Waals surface area contributed by atoms with Crippen LogP contribution in [-0.2, 0) is 24.3 Å². The summed E-state index contributed by atoms with van der Waals surface area (Å²) < 4.78 is 7.13. The van der Waals surface area contributed by atoms with E-state index in [4.69, 9.17) is 21.4 Å². The molecule has 0 radical (unpaired) electrons. The van der Waals surface area contributed by atoms with Gasteiger partial charge in [0.15, 0.2) is 0 Å². The van der Waals surface area contributed by atoms with Gasteiger partial charge in [-0.05, 0) is 20.8 Å². The van der Waals surface area contributed by atoms with E-state index < -0.39 is 5.60 Å². The SMILES string of the molecule is CC(C)(C)OC(=O)N1CCc2c(Cl)c(CO)nn2CC1. The lowest BCUT2D eigenvalue weighted by Crippen LogP contribution is -2.38. The van der Waals surface area contributed by atoms with Crippen LogP contribution in [-0.4, -0.2) is 44.6 Å². The lowest BCUT2D eigenvalue weighted by molar-refractivity contribution is 0.0253. The van der Waals surface area contributed by atoms with E-state index in [1.165, 1.54) is 0 Å². The second kappa shape index (κ2) is 5.61. The molecule has 1 aromatic rings. The Hall–Kier alpha value is -1.27. The van der Waals surface area contributed by atoms with Gasteiger partial charge in [0, 0.05) is 19.5 Å². The predicted octanol–water partition coefficient (Wildman–Crippen LogP) is 1.82. The van der Waals surface area contributed by atoms with Crippen LogP contribution in [0.15, 0.2) is 0 Å². The van der Waals surface area contributed by atoms with Gasteiger partial charge < -0.3 is 14.7 Å². The van der Waals surface area contributed by atoms with Gasteiger partial charge in [-0.15, -0.1) is 0 Å². The fraction of sp³-hybridized carbons (Fsp3) is 0.692. The molecule has 0 unspecified atom stereocenters. The van der Waals surface area contributed by atoms with Crippen molar-refractivity contribution in [3.63, 3.8) is 0 Å². The molecule has 1 aliphatic heterocycles. The molecule has 1 N–H and O–H groups in total. The summed E-state index contributed by atoms with van der Waals surface area (Å²) in [6.07, 6.45) is 0.284. The van der Waals surface area contributed by atoms with Crippen LogP contribution in [0, 0.1) is 0 Å². The Morgan fingerprint density at radius 2 is 2.10 bits per heavy atom. The molecular weight excluding hydrogens is 282 g/mol. The van der Waals surface area contributed by atoms with Gasteiger partial charge in [0.25, 0.3) is 0 Å². The minimum atomic E-state index is -0.501. The first-order valence-corrected chi connectivity index (χ1v) is 7.02. The van der Waals surface area contributed by atoms with Crippen molar-refractivity contribution >= 4 is 17.7 Å². The molecule has 112 valence electrons. The third-order valence-electron chi connectivity index (χ3n) is 3.06. The highest BCUT2D eigenvalue weighted by Crippen LogP contribution is 2.24. The van der Waals surface area contributed by atoms with Crippen molar-refractivity contribution in [1.29, 1.82) is 0 Å². The summed E-state index contributed by atoms with van der Waals surface area (Å²) in [6.45, 7) is 6.97. The van der Waals surface area contributed by atoms with Gasteiger partial charge in [0.1, 0.15) is 11.3 Å². The smallest absolute Gasteiger partial charge is 0.410 e. The molecule has 6 nitrogen and oxygen atoms in total. The molecular formula is C13H20ClN3O3. The van der Waals surface area contributed by atoms with Gasteiger partial charge in [-0.25, -0.2) is 4.79 Å². The van der Waals surface area contributed by atoms with Crippen LogP contribution in [0.2, 0.25) is 5.02 Å². The van der Waals surface area contributed by atoms with Crippen LogP contribution < -0.4 is 0 Å². The lowest BCUT2D eigenvalue weighted by Gasteiger charge is -2.26. The first-order chi connectivity index (χ1) is 9.31. The standard InChI is InChI=1S/C13H20ClN3O3/c1-13(2,3)20-12(19)16-5-4-10-11(14)9(8-18)15-17(10)7-6-16/h18H,4-8H2,1-3H3. The number of halogens is 1. The Morgan fingerprint density at radius 1 is 1.40 bits per heavy atom. The van der Waals surface area contributed by atoms with Crippen LogP contribution in [0.1, 0.15) is 32.2 Å². The molecule has 7 heteroatoms. The summed E-state index contributed by atoms with van der Waals surface area (Å²) >= 11 is 6.17.